The average Bonchev–Trinajstić information content (AvgIpc) is 2.89. The minimum absolute atomic E-state index is 0.207. The molecule has 2 aromatic carbocycles. The lowest BCUT2D eigenvalue weighted by Crippen LogP contribution is -2.35. The van der Waals surface area contributed by atoms with Crippen LogP contribution in [0.25, 0.3) is 0 Å². The van der Waals surface area contributed by atoms with Gasteiger partial charge in [-0.05, 0) is 36.8 Å². The summed E-state index contributed by atoms with van der Waals surface area (Å²) in [6, 6.07) is 13.2. The van der Waals surface area contributed by atoms with Crippen LogP contribution in [-0.2, 0) is 0 Å². The molecule has 2 aromatic rings. The van der Waals surface area contributed by atoms with Crippen LogP contribution in [0.15, 0.2) is 46.9 Å². The van der Waals surface area contributed by atoms with Crippen molar-refractivity contribution in [3.63, 3.8) is 0 Å². The number of nitrogens with one attached hydrogen (secondary N) is 2. The number of nitrogens with zero attached hydrogens (tertiary/aromatic N) is 2. The molecule has 0 radical (unpaired) electrons. The van der Waals surface area contributed by atoms with Gasteiger partial charge in [-0.3, -0.25) is 14.5 Å². The maximum absolute atomic E-state index is 12.4. The second-order valence-corrected chi connectivity index (χ2v) is 6.76. The van der Waals surface area contributed by atoms with Gasteiger partial charge in [0.05, 0.1) is 22.4 Å². The van der Waals surface area contributed by atoms with Crippen molar-refractivity contribution < 1.29 is 14.4 Å². The van der Waals surface area contributed by atoms with Gasteiger partial charge in [-0.2, -0.15) is 5.26 Å². The number of carbonyl (C=O) groups is 3. The third-order valence-electron chi connectivity index (χ3n) is 4.07. The minimum atomic E-state index is -0.455. The lowest BCUT2D eigenvalue weighted by atomic mass is 10.1. The number of hydrogen-bond acceptors (Lipinski definition) is 4. The molecule has 27 heavy (non-hydrogen) atoms. The number of hydrogen-bond donors (Lipinski definition) is 2. The van der Waals surface area contributed by atoms with Gasteiger partial charge in [-0.25, -0.2) is 4.79 Å². The molecular formula is C19H15BrN4O3. The van der Waals surface area contributed by atoms with Crippen molar-refractivity contribution in [1.82, 2.24) is 10.2 Å². The molecule has 0 aliphatic carbocycles. The third kappa shape index (κ3) is 3.99. The predicted molar refractivity (Wildman–Crippen MR) is 102 cm³/mol. The summed E-state index contributed by atoms with van der Waals surface area (Å²) in [5, 5.41) is 14.3. The van der Waals surface area contributed by atoms with Gasteiger partial charge < -0.3 is 10.6 Å². The molecule has 4 amide bonds. The van der Waals surface area contributed by atoms with Crippen LogP contribution in [-0.4, -0.2) is 35.8 Å². The van der Waals surface area contributed by atoms with Crippen LogP contribution in [0, 0.1) is 11.3 Å². The van der Waals surface area contributed by atoms with Gasteiger partial charge in [0, 0.05) is 17.6 Å². The van der Waals surface area contributed by atoms with Gasteiger partial charge in [0.25, 0.3) is 11.8 Å². The Kier molecular flexibility index (Phi) is 5.52. The number of rotatable bonds is 5. The van der Waals surface area contributed by atoms with E-state index in [1.165, 1.54) is 4.90 Å². The lowest BCUT2D eigenvalue weighted by Gasteiger charge is -2.14. The SMILES string of the molecule is N#Cc1ccccc1NC(=O)NCCCN1C(=O)c2ccc(Br)cc2C1=O. The molecule has 1 aliphatic heterocycles. The molecule has 0 bridgehead atoms. The third-order valence-corrected chi connectivity index (χ3v) is 4.57. The number of carbonyl (C=O) groups excluding carboxylic acids is 3. The summed E-state index contributed by atoms with van der Waals surface area (Å²) in [5.74, 6) is -0.654. The topological polar surface area (TPSA) is 102 Å². The number of halogens is 1. The van der Waals surface area contributed by atoms with Crippen LogP contribution in [0.4, 0.5) is 10.5 Å². The van der Waals surface area contributed by atoms with E-state index in [4.69, 9.17) is 5.26 Å². The van der Waals surface area contributed by atoms with Crippen molar-refractivity contribution >= 4 is 39.5 Å². The van der Waals surface area contributed by atoms with Crippen LogP contribution < -0.4 is 10.6 Å². The maximum Gasteiger partial charge on any atom is 0.319 e. The molecule has 0 spiro atoms. The van der Waals surface area contributed by atoms with Crippen molar-refractivity contribution in [2.75, 3.05) is 18.4 Å². The van der Waals surface area contributed by atoms with Crippen molar-refractivity contribution in [3.05, 3.63) is 63.6 Å². The van der Waals surface area contributed by atoms with Crippen molar-refractivity contribution in [2.45, 2.75) is 6.42 Å². The average molecular weight is 427 g/mol. The van der Waals surface area contributed by atoms with Gasteiger partial charge in [-0.1, -0.05) is 28.1 Å². The van der Waals surface area contributed by atoms with Gasteiger partial charge in [0.1, 0.15) is 6.07 Å². The monoisotopic (exact) mass is 426 g/mol. The Morgan fingerprint density at radius 1 is 1.11 bits per heavy atom. The Bertz CT molecular complexity index is 968. The van der Waals surface area contributed by atoms with E-state index >= 15 is 0 Å². The number of nitriles is 1. The summed E-state index contributed by atoms with van der Waals surface area (Å²) in [6.45, 7) is 0.483. The lowest BCUT2D eigenvalue weighted by molar-refractivity contribution is 0.0653. The summed E-state index contributed by atoms with van der Waals surface area (Å²) in [5.41, 5.74) is 1.56. The molecule has 1 aliphatic rings. The predicted octanol–water partition coefficient (Wildman–Crippen LogP) is 3.13. The maximum atomic E-state index is 12.4. The van der Waals surface area contributed by atoms with Crippen LogP contribution in [0.3, 0.4) is 0 Å². The molecular weight excluding hydrogens is 412 g/mol. The smallest absolute Gasteiger partial charge is 0.319 e. The number of urea groups is 1. The molecule has 0 saturated heterocycles. The number of imide groups is 1. The standard InChI is InChI=1S/C19H15BrN4O3/c20-13-6-7-14-15(10-13)18(26)24(17(14)25)9-3-8-22-19(27)23-16-5-2-1-4-12(16)11-21/h1-2,4-7,10H,3,8-9H2,(H2,22,23,27). The van der Waals surface area contributed by atoms with E-state index in [-0.39, 0.29) is 24.9 Å². The quantitative estimate of drug-likeness (QED) is 0.566. The second-order valence-electron chi connectivity index (χ2n) is 5.84. The van der Waals surface area contributed by atoms with Crippen LogP contribution >= 0.6 is 15.9 Å². The normalized spacial score (nSPS) is 12.5. The van der Waals surface area contributed by atoms with Crippen LogP contribution in [0.2, 0.25) is 0 Å². The first kappa shape index (κ1) is 18.6. The Morgan fingerprint density at radius 2 is 1.85 bits per heavy atom. The van der Waals surface area contributed by atoms with E-state index in [0.717, 1.165) is 4.47 Å². The van der Waals surface area contributed by atoms with E-state index in [0.29, 0.717) is 28.8 Å². The van der Waals surface area contributed by atoms with Crippen LogP contribution in [0.5, 0.6) is 0 Å². The first-order chi connectivity index (χ1) is 13.0. The van der Waals surface area contributed by atoms with E-state index < -0.39 is 6.03 Å². The summed E-state index contributed by atoms with van der Waals surface area (Å²) in [4.78, 5) is 37.8. The second kappa shape index (κ2) is 8.01. The summed E-state index contributed by atoms with van der Waals surface area (Å²) < 4.78 is 0.736. The van der Waals surface area contributed by atoms with Crippen LogP contribution in [0.1, 0.15) is 32.7 Å². The molecule has 0 unspecified atom stereocenters. The zero-order chi connectivity index (χ0) is 19.4. The Hall–Kier alpha value is -3.18. The van der Waals surface area contributed by atoms with E-state index in [9.17, 15) is 14.4 Å². The Labute approximate surface area is 164 Å². The minimum Gasteiger partial charge on any atom is -0.338 e. The fourth-order valence-electron chi connectivity index (χ4n) is 2.76. The van der Waals surface area contributed by atoms with Gasteiger partial charge in [-0.15, -0.1) is 0 Å². The molecule has 1 heterocycles. The highest BCUT2D eigenvalue weighted by Gasteiger charge is 2.34. The van der Waals surface area contributed by atoms with Crippen molar-refractivity contribution in [2.24, 2.45) is 0 Å². The van der Waals surface area contributed by atoms with Gasteiger partial charge in [0.15, 0.2) is 0 Å². The van der Waals surface area contributed by atoms with Gasteiger partial charge in [0.2, 0.25) is 0 Å². The molecule has 2 N–H and O–H groups in total. The number of benzene rings is 2. The molecule has 0 atom stereocenters. The van der Waals surface area contributed by atoms with Crippen molar-refractivity contribution in [1.29, 1.82) is 5.26 Å². The first-order valence-electron chi connectivity index (χ1n) is 8.21. The molecule has 3 rings (SSSR count). The fourth-order valence-corrected chi connectivity index (χ4v) is 3.12. The van der Waals surface area contributed by atoms with Crippen molar-refractivity contribution in [3.8, 4) is 6.07 Å². The highest BCUT2D eigenvalue weighted by Crippen LogP contribution is 2.26. The summed E-state index contributed by atoms with van der Waals surface area (Å²) >= 11 is 3.29. The summed E-state index contributed by atoms with van der Waals surface area (Å²) in [7, 11) is 0. The zero-order valence-corrected chi connectivity index (χ0v) is 15.7. The molecule has 7 nitrogen and oxygen atoms in total. The number of fused-ring (bicyclic) bond motifs is 1. The van der Waals surface area contributed by atoms with E-state index in [1.807, 2.05) is 6.07 Å². The molecule has 136 valence electrons. The Morgan fingerprint density at radius 3 is 2.63 bits per heavy atom. The number of anilines is 1. The molecule has 0 aromatic heterocycles. The molecule has 0 saturated carbocycles. The summed E-state index contributed by atoms with van der Waals surface area (Å²) in [6.07, 6.45) is 0.417. The van der Waals surface area contributed by atoms with E-state index in [2.05, 4.69) is 26.6 Å². The molecule has 8 heteroatoms. The first-order valence-corrected chi connectivity index (χ1v) is 9.00. The highest BCUT2D eigenvalue weighted by atomic mass is 79.9. The van der Waals surface area contributed by atoms with Gasteiger partial charge >= 0.3 is 6.03 Å². The highest BCUT2D eigenvalue weighted by molar-refractivity contribution is 9.10. The number of para-hydroxylation sites is 1. The fraction of sp³-hybridized carbons (Fsp3) is 0.158. The largest absolute Gasteiger partial charge is 0.338 e. The Balaban J connectivity index is 1.50. The van der Waals surface area contributed by atoms with E-state index in [1.54, 1.807) is 42.5 Å². The molecule has 0 fully saturated rings. The number of amides is 4. The zero-order valence-electron chi connectivity index (χ0n) is 14.2.